The van der Waals surface area contributed by atoms with Gasteiger partial charge in [0.2, 0.25) is 11.8 Å². The summed E-state index contributed by atoms with van der Waals surface area (Å²) < 4.78 is 5.29. The van der Waals surface area contributed by atoms with E-state index in [2.05, 4.69) is 20.4 Å². The van der Waals surface area contributed by atoms with E-state index in [4.69, 9.17) is 4.52 Å². The lowest BCUT2D eigenvalue weighted by molar-refractivity contribution is -0.118. The molecule has 1 N–H and O–H groups in total. The van der Waals surface area contributed by atoms with E-state index in [1.165, 1.54) is 11.3 Å². The largest absolute Gasteiger partial charge is 0.339 e. The fraction of sp³-hybridized carbons (Fsp3) is 0.294. The third-order valence-corrected chi connectivity index (χ3v) is 4.16. The van der Waals surface area contributed by atoms with E-state index < -0.39 is 0 Å². The van der Waals surface area contributed by atoms with Gasteiger partial charge >= 0.3 is 0 Å². The van der Waals surface area contributed by atoms with E-state index in [1.54, 1.807) is 0 Å². The van der Waals surface area contributed by atoms with Crippen LogP contribution in [0, 0.1) is 5.92 Å². The molecule has 0 atom stereocenters. The van der Waals surface area contributed by atoms with E-state index in [0.717, 1.165) is 11.3 Å². The molecule has 0 radical (unpaired) electrons. The number of nitrogens with one attached hydrogen (secondary N) is 1. The molecule has 2 heterocycles. The van der Waals surface area contributed by atoms with Gasteiger partial charge in [0.05, 0.1) is 12.1 Å². The topological polar surface area (TPSA) is 80.9 Å². The summed E-state index contributed by atoms with van der Waals surface area (Å²) in [6, 6.07) is 10.0. The number of rotatable bonds is 6. The second-order valence-electron chi connectivity index (χ2n) is 5.73. The number of carbonyl (C=O) groups excluding carboxylic acids is 1. The number of hydrogen-bond donors (Lipinski definition) is 1. The lowest BCUT2D eigenvalue weighted by Crippen LogP contribution is -2.17. The first kappa shape index (κ1) is 16.3. The van der Waals surface area contributed by atoms with Crippen LogP contribution in [0.25, 0.3) is 0 Å². The van der Waals surface area contributed by atoms with Crippen LogP contribution in [0.5, 0.6) is 0 Å². The molecule has 1 amide bonds. The first-order valence-corrected chi connectivity index (χ1v) is 8.59. The molecule has 0 fully saturated rings. The minimum absolute atomic E-state index is 0.0427. The fourth-order valence-corrected chi connectivity index (χ4v) is 2.78. The minimum Gasteiger partial charge on any atom is -0.339 e. The maximum Gasteiger partial charge on any atom is 0.232 e. The van der Waals surface area contributed by atoms with Crippen LogP contribution in [0.2, 0.25) is 0 Å². The van der Waals surface area contributed by atoms with E-state index in [-0.39, 0.29) is 11.8 Å². The predicted octanol–water partition coefficient (Wildman–Crippen LogP) is 3.30. The highest BCUT2D eigenvalue weighted by Gasteiger charge is 2.13. The summed E-state index contributed by atoms with van der Waals surface area (Å²) in [4.78, 5) is 20.5. The number of amides is 1. The number of anilines is 1. The van der Waals surface area contributed by atoms with Crippen LogP contribution in [0.15, 0.2) is 40.2 Å². The molecule has 0 bridgehead atoms. The predicted molar refractivity (Wildman–Crippen MR) is 91.9 cm³/mol. The zero-order valence-electron chi connectivity index (χ0n) is 13.5. The van der Waals surface area contributed by atoms with Crippen molar-refractivity contribution in [3.63, 3.8) is 0 Å². The van der Waals surface area contributed by atoms with Gasteiger partial charge < -0.3 is 9.84 Å². The van der Waals surface area contributed by atoms with Gasteiger partial charge in [0.25, 0.3) is 0 Å². The number of nitrogens with zero attached hydrogens (tertiary/aromatic N) is 3. The first-order valence-electron chi connectivity index (χ1n) is 7.71. The highest BCUT2D eigenvalue weighted by atomic mass is 32.1. The van der Waals surface area contributed by atoms with E-state index in [9.17, 15) is 4.79 Å². The van der Waals surface area contributed by atoms with Gasteiger partial charge in [-0.05, 0) is 5.56 Å². The number of thiazole rings is 1. The Morgan fingerprint density at radius 1 is 1.21 bits per heavy atom. The van der Waals surface area contributed by atoms with Crippen molar-refractivity contribution in [2.75, 3.05) is 5.32 Å². The third-order valence-electron chi connectivity index (χ3n) is 3.35. The third kappa shape index (κ3) is 4.26. The van der Waals surface area contributed by atoms with Gasteiger partial charge in [-0.25, -0.2) is 4.98 Å². The zero-order valence-corrected chi connectivity index (χ0v) is 14.3. The Hall–Kier alpha value is -2.54. The molecular weight excluding hydrogens is 324 g/mol. The molecule has 24 heavy (non-hydrogen) atoms. The number of aromatic nitrogens is 3. The molecule has 3 aromatic rings. The maximum atomic E-state index is 11.7. The second kappa shape index (κ2) is 7.35. The van der Waals surface area contributed by atoms with Crippen LogP contribution in [0.1, 0.15) is 36.8 Å². The van der Waals surface area contributed by atoms with E-state index >= 15 is 0 Å². The summed E-state index contributed by atoms with van der Waals surface area (Å²) >= 11 is 1.39. The quantitative estimate of drug-likeness (QED) is 0.743. The lowest BCUT2D eigenvalue weighted by Gasteiger charge is -2.03. The molecule has 3 rings (SSSR count). The van der Waals surface area contributed by atoms with Crippen molar-refractivity contribution >= 4 is 22.4 Å². The van der Waals surface area contributed by atoms with E-state index in [1.807, 2.05) is 49.6 Å². The van der Waals surface area contributed by atoms with Crippen LogP contribution >= 0.6 is 11.3 Å². The standard InChI is InChI=1S/C17H18N4O2S/c1-11(2)16(22)20-17-18-13(10-24-17)9-15-19-14(21-23-15)8-12-6-4-3-5-7-12/h3-7,10-11H,8-9H2,1-2H3,(H,18,20,22). The van der Waals surface area contributed by atoms with Gasteiger partial charge in [-0.15, -0.1) is 11.3 Å². The Morgan fingerprint density at radius 3 is 2.75 bits per heavy atom. The van der Waals surface area contributed by atoms with Crippen LogP contribution in [-0.4, -0.2) is 21.0 Å². The van der Waals surface area contributed by atoms with Crippen LogP contribution < -0.4 is 5.32 Å². The van der Waals surface area contributed by atoms with Crippen molar-refractivity contribution in [3.05, 3.63) is 58.7 Å². The van der Waals surface area contributed by atoms with Crippen molar-refractivity contribution in [2.45, 2.75) is 26.7 Å². The van der Waals surface area contributed by atoms with Crippen molar-refractivity contribution in [1.82, 2.24) is 15.1 Å². The molecule has 0 saturated carbocycles. The average molecular weight is 342 g/mol. The fourth-order valence-electron chi connectivity index (χ4n) is 2.06. The molecular formula is C17H18N4O2S. The van der Waals surface area contributed by atoms with Gasteiger partial charge in [-0.3, -0.25) is 4.79 Å². The normalized spacial score (nSPS) is 11.0. The van der Waals surface area contributed by atoms with Crippen LogP contribution in [0.4, 0.5) is 5.13 Å². The number of benzene rings is 1. The van der Waals surface area contributed by atoms with Gasteiger partial charge in [-0.2, -0.15) is 4.98 Å². The van der Waals surface area contributed by atoms with Gasteiger partial charge in [0, 0.05) is 17.7 Å². The minimum atomic E-state index is -0.0752. The monoisotopic (exact) mass is 342 g/mol. The molecule has 0 aliphatic rings. The SMILES string of the molecule is CC(C)C(=O)Nc1nc(Cc2nc(Cc3ccccc3)no2)cs1. The maximum absolute atomic E-state index is 11.7. The Labute approximate surface area is 143 Å². The Morgan fingerprint density at radius 2 is 2.00 bits per heavy atom. The zero-order chi connectivity index (χ0) is 16.9. The van der Waals surface area contributed by atoms with Crippen molar-refractivity contribution < 1.29 is 9.32 Å². The summed E-state index contributed by atoms with van der Waals surface area (Å²) in [6.07, 6.45) is 1.09. The summed E-state index contributed by atoms with van der Waals surface area (Å²) in [5, 5.41) is 9.27. The number of carbonyl (C=O) groups is 1. The molecule has 124 valence electrons. The van der Waals surface area contributed by atoms with Crippen molar-refractivity contribution in [3.8, 4) is 0 Å². The Kier molecular flexibility index (Phi) is 5.00. The molecule has 2 aromatic heterocycles. The van der Waals surface area contributed by atoms with Crippen molar-refractivity contribution in [2.24, 2.45) is 5.92 Å². The first-order chi connectivity index (χ1) is 11.6. The van der Waals surface area contributed by atoms with Gasteiger partial charge in [0.15, 0.2) is 11.0 Å². The smallest absolute Gasteiger partial charge is 0.232 e. The molecule has 0 spiro atoms. The highest BCUT2D eigenvalue weighted by Crippen LogP contribution is 2.18. The summed E-state index contributed by atoms with van der Waals surface area (Å²) in [6.45, 7) is 3.69. The summed E-state index contributed by atoms with van der Waals surface area (Å²) in [5.41, 5.74) is 1.94. The molecule has 0 saturated heterocycles. The average Bonchev–Trinajstić information content (AvgIpc) is 3.18. The van der Waals surface area contributed by atoms with Gasteiger partial charge in [0.1, 0.15) is 0 Å². The number of hydrogen-bond acceptors (Lipinski definition) is 6. The second-order valence-corrected chi connectivity index (χ2v) is 6.59. The van der Waals surface area contributed by atoms with E-state index in [0.29, 0.717) is 29.7 Å². The Bertz CT molecular complexity index is 811. The van der Waals surface area contributed by atoms with Gasteiger partial charge in [-0.1, -0.05) is 49.3 Å². The molecule has 0 aliphatic carbocycles. The van der Waals surface area contributed by atoms with Crippen LogP contribution in [0.3, 0.4) is 0 Å². The molecule has 7 heteroatoms. The molecule has 1 aromatic carbocycles. The molecule has 6 nitrogen and oxygen atoms in total. The summed E-state index contributed by atoms with van der Waals surface area (Å²) in [5.74, 6) is 1.06. The summed E-state index contributed by atoms with van der Waals surface area (Å²) in [7, 11) is 0. The molecule has 0 aliphatic heterocycles. The lowest BCUT2D eigenvalue weighted by atomic mass is 10.1. The Balaban J connectivity index is 1.61. The van der Waals surface area contributed by atoms with Crippen molar-refractivity contribution in [1.29, 1.82) is 0 Å². The molecule has 0 unspecified atom stereocenters. The van der Waals surface area contributed by atoms with Crippen LogP contribution in [-0.2, 0) is 17.6 Å². The highest BCUT2D eigenvalue weighted by molar-refractivity contribution is 7.13.